The van der Waals surface area contributed by atoms with Gasteiger partial charge in [0.1, 0.15) is 4.21 Å². The van der Waals surface area contributed by atoms with Crippen molar-refractivity contribution >= 4 is 27.0 Å². The van der Waals surface area contributed by atoms with Crippen LogP contribution in [-0.2, 0) is 23.1 Å². The summed E-state index contributed by atoms with van der Waals surface area (Å²) in [6.45, 7) is 3.62. The highest BCUT2D eigenvalue weighted by Crippen LogP contribution is 2.38. The van der Waals surface area contributed by atoms with Crippen molar-refractivity contribution in [2.45, 2.75) is 37.1 Å². The molecule has 0 bridgehead atoms. The molecule has 1 atom stereocenters. The molecule has 0 fully saturated rings. The molecule has 21 heavy (non-hydrogen) atoms. The third-order valence-corrected chi connectivity index (χ3v) is 7.40. The molecule has 1 aromatic heterocycles. The number of benzene rings is 1. The highest BCUT2D eigenvalue weighted by molar-refractivity contribution is 7.94. The minimum atomic E-state index is -3.57. The molecule has 0 amide bonds. The van der Waals surface area contributed by atoms with Crippen molar-refractivity contribution in [3.05, 3.63) is 46.3 Å². The van der Waals surface area contributed by atoms with Gasteiger partial charge in [0.2, 0.25) is 0 Å². The Labute approximate surface area is 128 Å². The van der Waals surface area contributed by atoms with Gasteiger partial charge in [0.25, 0.3) is 10.0 Å². The molecule has 2 heterocycles. The lowest BCUT2D eigenvalue weighted by atomic mass is 10.1. The summed E-state index contributed by atoms with van der Waals surface area (Å²) in [7, 11) is -3.57. The summed E-state index contributed by atoms with van der Waals surface area (Å²) in [5, 5.41) is 9.27. The zero-order valence-electron chi connectivity index (χ0n) is 11.9. The lowest BCUT2D eigenvalue weighted by Gasteiger charge is -2.23. The fourth-order valence-corrected chi connectivity index (χ4v) is 6.00. The monoisotopic (exact) mass is 323 g/mol. The fraction of sp³-hybridized carbons (Fsp3) is 0.333. The number of aryl methyl sites for hydroxylation is 1. The molecule has 0 radical (unpaired) electrons. The fourth-order valence-electron chi connectivity index (χ4n) is 2.77. The van der Waals surface area contributed by atoms with Gasteiger partial charge in [0, 0.05) is 10.9 Å². The number of hydrogen-bond donors (Lipinski definition) is 1. The van der Waals surface area contributed by atoms with Crippen LogP contribution in [0.2, 0.25) is 0 Å². The van der Waals surface area contributed by atoms with E-state index >= 15 is 0 Å². The molecule has 0 spiro atoms. The van der Waals surface area contributed by atoms with Gasteiger partial charge in [0.05, 0.1) is 12.3 Å². The lowest BCUT2D eigenvalue weighted by Crippen LogP contribution is -2.35. The highest BCUT2D eigenvalue weighted by atomic mass is 32.2. The molecule has 0 aliphatic carbocycles. The van der Waals surface area contributed by atoms with E-state index in [9.17, 15) is 13.5 Å². The third-order valence-electron chi connectivity index (χ3n) is 3.80. The smallest absolute Gasteiger partial charge is 0.274 e. The maximum absolute atomic E-state index is 12.9. The van der Waals surface area contributed by atoms with E-state index in [0.717, 1.165) is 34.6 Å². The Morgan fingerprint density at radius 2 is 2.10 bits per heavy atom. The van der Waals surface area contributed by atoms with E-state index in [1.54, 1.807) is 6.07 Å². The Hall–Kier alpha value is -1.37. The lowest BCUT2D eigenvalue weighted by molar-refractivity contribution is 0.285. The Kier molecular flexibility index (Phi) is 3.55. The molecular weight excluding hydrogens is 306 g/mol. The van der Waals surface area contributed by atoms with Gasteiger partial charge in [-0.15, -0.1) is 11.3 Å². The van der Waals surface area contributed by atoms with E-state index in [0.29, 0.717) is 9.09 Å². The van der Waals surface area contributed by atoms with Crippen LogP contribution in [0.5, 0.6) is 0 Å². The number of anilines is 1. The number of aliphatic hydroxyl groups is 1. The van der Waals surface area contributed by atoms with Gasteiger partial charge >= 0.3 is 0 Å². The third kappa shape index (κ3) is 2.27. The van der Waals surface area contributed by atoms with Crippen molar-refractivity contribution in [1.29, 1.82) is 0 Å². The van der Waals surface area contributed by atoms with Crippen LogP contribution in [0.1, 0.15) is 22.9 Å². The summed E-state index contributed by atoms with van der Waals surface area (Å²) in [5.74, 6) is 0. The summed E-state index contributed by atoms with van der Waals surface area (Å²) in [6.07, 6.45) is 0.729. The van der Waals surface area contributed by atoms with Gasteiger partial charge in [-0.1, -0.05) is 18.2 Å². The second-order valence-corrected chi connectivity index (χ2v) is 8.49. The van der Waals surface area contributed by atoms with Crippen LogP contribution in [0, 0.1) is 6.92 Å². The number of hydrogen-bond acceptors (Lipinski definition) is 4. The van der Waals surface area contributed by atoms with E-state index in [1.165, 1.54) is 4.31 Å². The predicted molar refractivity (Wildman–Crippen MR) is 84.3 cm³/mol. The second kappa shape index (κ2) is 5.12. The Bertz CT molecular complexity index is 780. The number of sulfonamides is 1. The summed E-state index contributed by atoms with van der Waals surface area (Å²) in [6, 6.07) is 9.18. The van der Waals surface area contributed by atoms with E-state index in [-0.39, 0.29) is 12.6 Å². The van der Waals surface area contributed by atoms with E-state index in [4.69, 9.17) is 0 Å². The Balaban J connectivity index is 2.10. The van der Waals surface area contributed by atoms with E-state index in [1.807, 2.05) is 38.1 Å². The second-order valence-electron chi connectivity index (χ2n) is 5.31. The largest absolute Gasteiger partial charge is 0.391 e. The van der Waals surface area contributed by atoms with Crippen molar-refractivity contribution in [2.75, 3.05) is 4.31 Å². The number of nitrogens with zero attached hydrogens (tertiary/aromatic N) is 1. The molecule has 6 heteroatoms. The molecule has 1 aliphatic heterocycles. The van der Waals surface area contributed by atoms with Crippen LogP contribution in [0.15, 0.2) is 34.5 Å². The first-order chi connectivity index (χ1) is 9.95. The minimum Gasteiger partial charge on any atom is -0.391 e. The minimum absolute atomic E-state index is 0.0904. The van der Waals surface area contributed by atoms with Crippen molar-refractivity contribution in [3.63, 3.8) is 0 Å². The van der Waals surface area contributed by atoms with Crippen LogP contribution in [0.3, 0.4) is 0 Å². The molecule has 0 saturated carbocycles. The summed E-state index contributed by atoms with van der Waals surface area (Å²) >= 11 is 1.15. The average Bonchev–Trinajstić information content (AvgIpc) is 2.98. The molecule has 4 nitrogen and oxygen atoms in total. The summed E-state index contributed by atoms with van der Waals surface area (Å²) < 4.78 is 27.7. The van der Waals surface area contributed by atoms with Crippen molar-refractivity contribution < 1.29 is 13.5 Å². The van der Waals surface area contributed by atoms with E-state index < -0.39 is 10.0 Å². The Morgan fingerprint density at radius 1 is 1.38 bits per heavy atom. The highest BCUT2D eigenvalue weighted by Gasteiger charge is 2.36. The Morgan fingerprint density at radius 3 is 2.76 bits per heavy atom. The molecule has 1 unspecified atom stereocenters. The van der Waals surface area contributed by atoms with Gasteiger partial charge in [-0.3, -0.25) is 4.31 Å². The summed E-state index contributed by atoms with van der Waals surface area (Å²) in [5.41, 5.74) is 2.65. The first-order valence-corrected chi connectivity index (χ1v) is 9.03. The van der Waals surface area contributed by atoms with Gasteiger partial charge in [-0.05, 0) is 43.5 Å². The predicted octanol–water partition coefficient (Wildman–Crippen LogP) is 2.69. The van der Waals surface area contributed by atoms with Crippen molar-refractivity contribution in [1.82, 2.24) is 0 Å². The maximum atomic E-state index is 12.9. The molecule has 0 saturated heterocycles. The zero-order valence-corrected chi connectivity index (χ0v) is 13.5. The van der Waals surface area contributed by atoms with Crippen LogP contribution < -0.4 is 4.31 Å². The van der Waals surface area contributed by atoms with Gasteiger partial charge in [-0.25, -0.2) is 8.42 Å². The molecule has 1 N–H and O–H groups in total. The standard InChI is InChI=1S/C15H17NO3S2/c1-10-7-15(20-14(10)9-17)21(18,19)16-11(2)8-12-5-3-4-6-13(12)16/h3-7,11,17H,8-9H2,1-2H3. The van der Waals surface area contributed by atoms with Gasteiger partial charge in [-0.2, -0.15) is 0 Å². The van der Waals surface area contributed by atoms with Crippen LogP contribution in [0.4, 0.5) is 5.69 Å². The molecule has 1 aromatic carbocycles. The first kappa shape index (κ1) is 14.6. The number of aliphatic hydroxyl groups excluding tert-OH is 1. The number of rotatable bonds is 3. The molecule has 3 rings (SSSR count). The van der Waals surface area contributed by atoms with Crippen LogP contribution >= 0.6 is 11.3 Å². The quantitative estimate of drug-likeness (QED) is 0.945. The van der Waals surface area contributed by atoms with Crippen LogP contribution in [0.25, 0.3) is 0 Å². The van der Waals surface area contributed by atoms with Gasteiger partial charge < -0.3 is 5.11 Å². The molecule has 112 valence electrons. The topological polar surface area (TPSA) is 57.6 Å². The SMILES string of the molecule is Cc1cc(S(=O)(=O)N2c3ccccc3CC2C)sc1CO. The van der Waals surface area contributed by atoms with Crippen LogP contribution in [-0.4, -0.2) is 19.6 Å². The number of thiophene rings is 1. The van der Waals surface area contributed by atoms with Crippen molar-refractivity contribution in [2.24, 2.45) is 0 Å². The average molecular weight is 323 g/mol. The maximum Gasteiger partial charge on any atom is 0.274 e. The summed E-state index contributed by atoms with van der Waals surface area (Å²) in [4.78, 5) is 0.703. The molecule has 2 aromatic rings. The number of fused-ring (bicyclic) bond motifs is 1. The van der Waals surface area contributed by atoms with Gasteiger partial charge in [0.15, 0.2) is 0 Å². The van der Waals surface area contributed by atoms with E-state index in [2.05, 4.69) is 0 Å². The molecular formula is C15H17NO3S2. The first-order valence-electron chi connectivity index (χ1n) is 6.77. The van der Waals surface area contributed by atoms with Crippen molar-refractivity contribution in [3.8, 4) is 0 Å². The normalized spacial score (nSPS) is 18.0. The zero-order chi connectivity index (χ0) is 15.2. The number of para-hydroxylation sites is 1. The molecule has 1 aliphatic rings.